The van der Waals surface area contributed by atoms with Crippen molar-refractivity contribution in [3.05, 3.63) is 46.9 Å². The third-order valence-electron chi connectivity index (χ3n) is 9.67. The Labute approximate surface area is 302 Å². The molecule has 52 heavy (non-hydrogen) atoms. The zero-order chi connectivity index (χ0) is 36.8. The third kappa shape index (κ3) is 8.77. The zero-order valence-corrected chi connectivity index (χ0v) is 30.6. The van der Waals surface area contributed by atoms with Crippen LogP contribution >= 0.6 is 0 Å². The van der Waals surface area contributed by atoms with E-state index >= 15 is 0 Å². The van der Waals surface area contributed by atoms with Gasteiger partial charge in [-0.2, -0.15) is 0 Å². The molecular weight excluding hydrogens is 696 g/mol. The Kier molecular flexibility index (Phi) is 11.8. The van der Waals surface area contributed by atoms with Gasteiger partial charge in [0.15, 0.2) is 28.8 Å². The second-order valence-corrected chi connectivity index (χ2v) is 14.4. The molecule has 0 radical (unpaired) electrons. The molecule has 14 heteroatoms. The lowest BCUT2D eigenvalue weighted by molar-refractivity contribution is 0.0514. The first kappa shape index (κ1) is 37.3. The highest BCUT2D eigenvalue weighted by Crippen LogP contribution is 2.41. The average molecular weight is 742 g/mol. The molecule has 2 aromatic carbocycles. The predicted molar refractivity (Wildman–Crippen MR) is 188 cm³/mol. The molecule has 0 amide bonds. The highest BCUT2D eigenvalue weighted by molar-refractivity contribution is 7.81. The van der Waals surface area contributed by atoms with E-state index in [4.69, 9.17) is 36.7 Å². The predicted octanol–water partition coefficient (Wildman–Crippen LogP) is 8.18. The van der Waals surface area contributed by atoms with E-state index in [1.807, 2.05) is 0 Å². The molecule has 2 fully saturated rings. The summed E-state index contributed by atoms with van der Waals surface area (Å²) in [5, 5.41) is 0.603. The molecule has 0 N–H and O–H groups in total. The van der Waals surface area contributed by atoms with Gasteiger partial charge < -0.3 is 41.3 Å². The molecule has 0 saturated heterocycles. The van der Waals surface area contributed by atoms with E-state index in [1.165, 1.54) is 18.6 Å². The van der Waals surface area contributed by atoms with Crippen LogP contribution in [-0.4, -0.2) is 51.3 Å². The molecular formula is C38H45O13S-. The molecule has 13 nitrogen and oxygen atoms in total. The van der Waals surface area contributed by atoms with Crippen molar-refractivity contribution < 1.29 is 59.3 Å². The van der Waals surface area contributed by atoms with Gasteiger partial charge in [-0.25, -0.2) is 18.0 Å². The second kappa shape index (κ2) is 16.5. The van der Waals surface area contributed by atoms with Gasteiger partial charge in [0.2, 0.25) is 0 Å². The van der Waals surface area contributed by atoms with E-state index < -0.39 is 22.3 Å². The molecule has 2 aromatic heterocycles. The number of carbonyl (C=O) groups is 2. The van der Waals surface area contributed by atoms with Gasteiger partial charge in [0.25, 0.3) is 10.4 Å². The van der Waals surface area contributed by atoms with Crippen molar-refractivity contribution in [2.75, 3.05) is 26.4 Å². The summed E-state index contributed by atoms with van der Waals surface area (Å²) >= 11 is 0. The largest absolute Gasteiger partial charge is 0.716 e. The molecule has 2 aliphatic carbocycles. The van der Waals surface area contributed by atoms with E-state index in [0.717, 1.165) is 57.8 Å². The summed E-state index contributed by atoms with van der Waals surface area (Å²) in [4.78, 5) is 26.3. The Morgan fingerprint density at radius 3 is 1.73 bits per heavy atom. The van der Waals surface area contributed by atoms with Gasteiger partial charge in [-0.3, -0.25) is 0 Å². The molecule has 282 valence electrons. The second-order valence-electron chi connectivity index (χ2n) is 13.4. The van der Waals surface area contributed by atoms with Gasteiger partial charge in [0, 0.05) is 22.9 Å². The maximum absolute atomic E-state index is 13.4. The Hall–Kier alpha value is -4.43. The maximum Gasteiger partial charge on any atom is 0.342 e. The molecule has 6 rings (SSSR count). The van der Waals surface area contributed by atoms with E-state index in [2.05, 4.69) is 0 Å². The fraction of sp³-hybridized carbons (Fsp3) is 0.526. The molecule has 0 aliphatic heterocycles. The van der Waals surface area contributed by atoms with Gasteiger partial charge in [0.05, 0.1) is 26.4 Å². The molecule has 2 saturated carbocycles. The molecule has 0 atom stereocenters. The number of esters is 2. The minimum absolute atomic E-state index is 0.0141. The van der Waals surface area contributed by atoms with Crippen LogP contribution in [0.15, 0.2) is 33.1 Å². The van der Waals surface area contributed by atoms with E-state index in [9.17, 15) is 22.6 Å². The van der Waals surface area contributed by atoms with Gasteiger partial charge in [-0.1, -0.05) is 38.5 Å². The lowest BCUT2D eigenvalue weighted by Crippen LogP contribution is -2.16. The SMILES string of the molecule is CCOC(=O)c1c(C)oc2cc(OCC3CCCCC3)c(OCc3oc4cc(OCC5CCCCC5)c(OS(=O)(=O)[O-])cc4c3C(=O)OCC)cc12. The summed E-state index contributed by atoms with van der Waals surface area (Å²) in [6, 6.07) is 5.95. The molecule has 4 aromatic rings. The van der Waals surface area contributed by atoms with Crippen LogP contribution in [0.25, 0.3) is 21.9 Å². The number of aryl methyl sites for hydroxylation is 1. The first-order chi connectivity index (χ1) is 25.0. The van der Waals surface area contributed by atoms with Gasteiger partial charge >= 0.3 is 11.9 Å². The Morgan fingerprint density at radius 1 is 0.692 bits per heavy atom. The monoisotopic (exact) mass is 741 g/mol. The van der Waals surface area contributed by atoms with Gasteiger partial charge in [-0.05, 0) is 70.4 Å². The molecule has 2 aliphatic rings. The van der Waals surface area contributed by atoms with Crippen LogP contribution in [0.2, 0.25) is 0 Å². The van der Waals surface area contributed by atoms with Crippen molar-refractivity contribution in [1.29, 1.82) is 0 Å². The Bertz CT molecular complexity index is 2000. The van der Waals surface area contributed by atoms with E-state index in [-0.39, 0.29) is 77.5 Å². The first-order valence-electron chi connectivity index (χ1n) is 18.1. The topological polar surface area (TPSA) is 173 Å². The van der Waals surface area contributed by atoms with E-state index in [0.29, 0.717) is 35.0 Å². The maximum atomic E-state index is 13.4. The van der Waals surface area contributed by atoms with Crippen molar-refractivity contribution >= 4 is 44.3 Å². The summed E-state index contributed by atoms with van der Waals surface area (Å²) in [6.07, 6.45) is 10.8. The van der Waals surface area contributed by atoms with Crippen LogP contribution in [0.1, 0.15) is 110 Å². The van der Waals surface area contributed by atoms with Crippen LogP contribution in [0.4, 0.5) is 0 Å². The number of benzene rings is 2. The Morgan fingerprint density at radius 2 is 1.17 bits per heavy atom. The van der Waals surface area contributed by atoms with Crippen LogP contribution < -0.4 is 18.4 Å². The minimum atomic E-state index is -5.20. The van der Waals surface area contributed by atoms with Crippen molar-refractivity contribution in [2.45, 2.75) is 91.6 Å². The number of ether oxygens (including phenoxy) is 5. The highest BCUT2D eigenvalue weighted by Gasteiger charge is 2.28. The fourth-order valence-electron chi connectivity index (χ4n) is 7.15. The number of hydrogen-bond acceptors (Lipinski definition) is 13. The Balaban J connectivity index is 1.37. The number of hydrogen-bond donors (Lipinski definition) is 0. The molecule has 0 bridgehead atoms. The molecule has 2 heterocycles. The lowest BCUT2D eigenvalue weighted by atomic mass is 9.90. The molecule has 0 spiro atoms. The van der Waals surface area contributed by atoms with Crippen LogP contribution in [0, 0.1) is 18.8 Å². The van der Waals surface area contributed by atoms with Crippen LogP contribution in [0.3, 0.4) is 0 Å². The third-order valence-corrected chi connectivity index (χ3v) is 10.0. The summed E-state index contributed by atoms with van der Waals surface area (Å²) in [5.41, 5.74) is 0.804. The van der Waals surface area contributed by atoms with Crippen LogP contribution in [-0.2, 0) is 26.5 Å². The number of carbonyl (C=O) groups excluding carboxylic acids is 2. The lowest BCUT2D eigenvalue weighted by Gasteiger charge is -2.22. The normalized spacial score (nSPS) is 15.8. The van der Waals surface area contributed by atoms with Crippen molar-refractivity contribution in [1.82, 2.24) is 0 Å². The fourth-order valence-corrected chi connectivity index (χ4v) is 7.50. The van der Waals surface area contributed by atoms with Gasteiger partial charge in [0.1, 0.15) is 34.7 Å². The summed E-state index contributed by atoms with van der Waals surface area (Å²) < 4.78 is 81.4. The van der Waals surface area contributed by atoms with Crippen molar-refractivity contribution in [2.24, 2.45) is 11.8 Å². The van der Waals surface area contributed by atoms with Crippen molar-refractivity contribution in [3.63, 3.8) is 0 Å². The quantitative estimate of drug-likeness (QED) is 0.0649. The number of fused-ring (bicyclic) bond motifs is 2. The van der Waals surface area contributed by atoms with E-state index in [1.54, 1.807) is 32.9 Å². The standard InChI is InChI=1S/C38H46O13S/c1-4-44-37(39)35-23(3)49-28-18-31(46-20-24-12-8-6-9-13-24)30(16-26(28)35)48-22-34-36(38(40)45-5-2)27-17-33(51-52(41,42)43)32(19-29(27)50-34)47-21-25-14-10-7-11-15-25/h16-19,24-25H,4-15,20-22H2,1-3H3,(H,41,42,43)/p-1. The summed E-state index contributed by atoms with van der Waals surface area (Å²) in [6.45, 7) is 5.71. The highest BCUT2D eigenvalue weighted by atomic mass is 32.3. The van der Waals surface area contributed by atoms with Gasteiger partial charge in [-0.15, -0.1) is 0 Å². The zero-order valence-electron chi connectivity index (χ0n) is 29.8. The smallest absolute Gasteiger partial charge is 0.342 e. The minimum Gasteiger partial charge on any atom is -0.716 e. The molecule has 0 unspecified atom stereocenters. The van der Waals surface area contributed by atoms with Crippen LogP contribution in [0.5, 0.6) is 23.0 Å². The average Bonchev–Trinajstić information content (AvgIpc) is 3.64. The number of furan rings is 2. The number of rotatable bonds is 15. The first-order valence-corrected chi connectivity index (χ1v) is 19.4. The summed E-state index contributed by atoms with van der Waals surface area (Å²) in [7, 11) is -5.20. The summed E-state index contributed by atoms with van der Waals surface area (Å²) in [5.74, 6) is 0.0307. The van der Waals surface area contributed by atoms with Crippen molar-refractivity contribution in [3.8, 4) is 23.0 Å².